The van der Waals surface area contributed by atoms with E-state index in [-0.39, 0.29) is 5.56 Å². The smallest absolute Gasteiger partial charge is 0.336 e. The number of aromatic carboxylic acids is 1. The molecule has 0 amide bonds. The average Bonchev–Trinajstić information content (AvgIpc) is 3.51. The van der Waals surface area contributed by atoms with Crippen LogP contribution in [0.2, 0.25) is 0 Å². The molecular formula is C26H17FN6O2. The van der Waals surface area contributed by atoms with Gasteiger partial charge in [0, 0.05) is 23.2 Å². The summed E-state index contributed by atoms with van der Waals surface area (Å²) >= 11 is 0. The number of hydrogen-bond acceptors (Lipinski definition) is 5. The molecule has 0 saturated carbocycles. The van der Waals surface area contributed by atoms with Crippen molar-refractivity contribution >= 4 is 27.9 Å². The van der Waals surface area contributed by atoms with Gasteiger partial charge in [0.15, 0.2) is 0 Å². The molecule has 0 aliphatic heterocycles. The van der Waals surface area contributed by atoms with Crippen LogP contribution < -0.4 is 0 Å². The lowest BCUT2D eigenvalue weighted by Crippen LogP contribution is -2.01. The molecule has 170 valence electrons. The molecule has 0 unspecified atom stereocenters. The summed E-state index contributed by atoms with van der Waals surface area (Å²) < 4.78 is 15.5. The second-order valence-corrected chi connectivity index (χ2v) is 8.07. The molecule has 0 saturated heterocycles. The summed E-state index contributed by atoms with van der Waals surface area (Å²) in [5, 5.41) is 23.7. The zero-order chi connectivity index (χ0) is 23.9. The molecule has 0 spiro atoms. The Morgan fingerprint density at radius 1 is 0.943 bits per heavy atom. The summed E-state index contributed by atoms with van der Waals surface area (Å²) in [5.74, 6) is -1.53. The Morgan fingerprint density at radius 2 is 1.77 bits per heavy atom. The number of halogens is 1. The molecule has 0 bridgehead atoms. The van der Waals surface area contributed by atoms with Gasteiger partial charge >= 0.3 is 5.97 Å². The standard InChI is InChI=1S/C26H17FN6O2/c27-18-7-4-8-19(11-18)33-30-22-10-9-21-24(25(22)31-33)20(26(34)35)12-23(29-21)17-13-28-32(15-17)14-16-5-2-1-3-6-16/h1-13,15H,14H2,(H,34,35). The highest BCUT2D eigenvalue weighted by molar-refractivity contribution is 6.13. The Morgan fingerprint density at radius 3 is 2.57 bits per heavy atom. The van der Waals surface area contributed by atoms with Gasteiger partial charge in [-0.25, -0.2) is 14.2 Å². The summed E-state index contributed by atoms with van der Waals surface area (Å²) in [5.41, 5.74) is 4.11. The monoisotopic (exact) mass is 464 g/mol. The van der Waals surface area contributed by atoms with Crippen molar-refractivity contribution in [3.8, 4) is 16.9 Å². The minimum Gasteiger partial charge on any atom is -0.478 e. The van der Waals surface area contributed by atoms with E-state index in [1.54, 1.807) is 35.1 Å². The van der Waals surface area contributed by atoms with Gasteiger partial charge < -0.3 is 5.11 Å². The predicted octanol–water partition coefficient (Wildman–Crippen LogP) is 4.72. The van der Waals surface area contributed by atoms with Crippen molar-refractivity contribution in [3.05, 3.63) is 102 Å². The molecule has 35 heavy (non-hydrogen) atoms. The Labute approximate surface area is 197 Å². The number of hydrogen-bond donors (Lipinski definition) is 1. The summed E-state index contributed by atoms with van der Waals surface area (Å²) in [4.78, 5) is 18.3. The van der Waals surface area contributed by atoms with Crippen molar-refractivity contribution in [3.63, 3.8) is 0 Å². The molecule has 3 aromatic carbocycles. The van der Waals surface area contributed by atoms with Gasteiger partial charge in [-0.2, -0.15) is 9.90 Å². The third-order valence-electron chi connectivity index (χ3n) is 5.71. The summed E-state index contributed by atoms with van der Waals surface area (Å²) in [6.45, 7) is 0.587. The maximum absolute atomic E-state index is 13.7. The van der Waals surface area contributed by atoms with Crippen LogP contribution in [0.1, 0.15) is 15.9 Å². The molecular weight excluding hydrogens is 447 g/mol. The van der Waals surface area contributed by atoms with Crippen molar-refractivity contribution in [2.75, 3.05) is 0 Å². The van der Waals surface area contributed by atoms with E-state index in [9.17, 15) is 14.3 Å². The van der Waals surface area contributed by atoms with Gasteiger partial charge in [0.05, 0.1) is 35.2 Å². The lowest BCUT2D eigenvalue weighted by atomic mass is 10.0. The molecule has 0 radical (unpaired) electrons. The lowest BCUT2D eigenvalue weighted by Gasteiger charge is -2.06. The van der Waals surface area contributed by atoms with Crippen LogP contribution in [0.4, 0.5) is 4.39 Å². The zero-order valence-electron chi connectivity index (χ0n) is 18.2. The van der Waals surface area contributed by atoms with E-state index in [0.29, 0.717) is 45.4 Å². The van der Waals surface area contributed by atoms with Crippen LogP contribution in [-0.4, -0.2) is 40.8 Å². The quantitative estimate of drug-likeness (QED) is 0.397. The van der Waals surface area contributed by atoms with Gasteiger partial charge in [-0.1, -0.05) is 36.4 Å². The molecule has 0 aliphatic rings. The van der Waals surface area contributed by atoms with Crippen LogP contribution in [0.5, 0.6) is 0 Å². The minimum atomic E-state index is -1.11. The average molecular weight is 464 g/mol. The molecule has 6 rings (SSSR count). The molecule has 3 heterocycles. The molecule has 3 aromatic heterocycles. The maximum atomic E-state index is 13.7. The molecule has 1 N–H and O–H groups in total. The van der Waals surface area contributed by atoms with Crippen LogP contribution in [0, 0.1) is 5.82 Å². The van der Waals surface area contributed by atoms with Crippen LogP contribution in [0.25, 0.3) is 38.9 Å². The van der Waals surface area contributed by atoms with Gasteiger partial charge in [-0.3, -0.25) is 4.68 Å². The Hall–Kier alpha value is -4.92. The molecule has 0 atom stereocenters. The Balaban J connectivity index is 1.46. The van der Waals surface area contributed by atoms with E-state index in [0.717, 1.165) is 5.56 Å². The number of fused-ring (bicyclic) bond motifs is 3. The number of nitrogens with zero attached hydrogens (tertiary/aromatic N) is 6. The van der Waals surface area contributed by atoms with Crippen LogP contribution >= 0.6 is 0 Å². The van der Waals surface area contributed by atoms with E-state index >= 15 is 0 Å². The predicted molar refractivity (Wildman–Crippen MR) is 128 cm³/mol. The highest BCUT2D eigenvalue weighted by Crippen LogP contribution is 2.30. The van der Waals surface area contributed by atoms with Gasteiger partial charge in [0.25, 0.3) is 0 Å². The number of benzene rings is 3. The van der Waals surface area contributed by atoms with E-state index in [4.69, 9.17) is 4.98 Å². The normalized spacial score (nSPS) is 11.3. The van der Waals surface area contributed by atoms with Gasteiger partial charge in [0.2, 0.25) is 0 Å². The van der Waals surface area contributed by atoms with Crippen LogP contribution in [-0.2, 0) is 6.54 Å². The third-order valence-corrected chi connectivity index (χ3v) is 5.71. The van der Waals surface area contributed by atoms with Gasteiger partial charge in [0.1, 0.15) is 16.9 Å². The second-order valence-electron chi connectivity index (χ2n) is 8.07. The second kappa shape index (κ2) is 8.14. The largest absolute Gasteiger partial charge is 0.478 e. The maximum Gasteiger partial charge on any atom is 0.336 e. The number of carboxylic acids is 1. The van der Waals surface area contributed by atoms with Crippen LogP contribution in [0.3, 0.4) is 0 Å². The van der Waals surface area contributed by atoms with E-state index in [1.807, 2.05) is 36.5 Å². The molecule has 0 fully saturated rings. The van der Waals surface area contributed by atoms with E-state index in [2.05, 4.69) is 15.3 Å². The highest BCUT2D eigenvalue weighted by Gasteiger charge is 2.19. The highest BCUT2D eigenvalue weighted by atomic mass is 19.1. The number of aromatic nitrogens is 6. The van der Waals surface area contributed by atoms with E-state index < -0.39 is 11.8 Å². The first kappa shape index (κ1) is 20.7. The third kappa shape index (κ3) is 3.78. The molecule has 6 aromatic rings. The Kier molecular flexibility index (Phi) is 4.81. The fraction of sp³-hybridized carbons (Fsp3) is 0.0385. The van der Waals surface area contributed by atoms with Crippen molar-refractivity contribution in [2.24, 2.45) is 0 Å². The zero-order valence-corrected chi connectivity index (χ0v) is 18.2. The lowest BCUT2D eigenvalue weighted by molar-refractivity contribution is 0.0699. The minimum absolute atomic E-state index is 0.0534. The number of rotatable bonds is 5. The van der Waals surface area contributed by atoms with Crippen LogP contribution in [0.15, 0.2) is 85.2 Å². The first-order valence-corrected chi connectivity index (χ1v) is 10.8. The van der Waals surface area contributed by atoms with Crippen molar-refractivity contribution in [1.82, 2.24) is 29.8 Å². The van der Waals surface area contributed by atoms with Gasteiger partial charge in [-0.15, -0.1) is 10.2 Å². The summed E-state index contributed by atoms with van der Waals surface area (Å²) in [6, 6.07) is 20.8. The summed E-state index contributed by atoms with van der Waals surface area (Å²) in [6.07, 6.45) is 3.51. The SMILES string of the molecule is O=C(O)c1cc(-c2cnn(Cc3ccccc3)c2)nc2ccc3nn(-c4cccc(F)c4)nc3c12. The molecule has 8 nitrogen and oxygen atoms in total. The number of carboxylic acid groups (broad SMARTS) is 1. The number of pyridine rings is 1. The topological polar surface area (TPSA) is 98.7 Å². The number of carbonyl (C=O) groups is 1. The van der Waals surface area contributed by atoms with Crippen molar-refractivity contribution in [2.45, 2.75) is 6.54 Å². The summed E-state index contributed by atoms with van der Waals surface area (Å²) in [7, 11) is 0. The van der Waals surface area contributed by atoms with Gasteiger partial charge in [-0.05, 0) is 35.9 Å². The van der Waals surface area contributed by atoms with Crippen molar-refractivity contribution in [1.29, 1.82) is 0 Å². The molecule has 0 aliphatic carbocycles. The first-order valence-electron chi connectivity index (χ1n) is 10.8. The fourth-order valence-electron chi connectivity index (χ4n) is 4.09. The van der Waals surface area contributed by atoms with Crippen molar-refractivity contribution < 1.29 is 14.3 Å². The fourth-order valence-corrected chi connectivity index (χ4v) is 4.09. The molecule has 9 heteroatoms. The Bertz CT molecular complexity index is 1720. The van der Waals surface area contributed by atoms with E-state index in [1.165, 1.54) is 23.0 Å². The first-order chi connectivity index (χ1) is 17.0.